The first-order valence-corrected chi connectivity index (χ1v) is 4.70. The molecule has 14 heavy (non-hydrogen) atoms. The Morgan fingerprint density at radius 3 is 2.50 bits per heavy atom. The van der Waals surface area contributed by atoms with Crippen molar-refractivity contribution >= 4 is 6.09 Å². The van der Waals surface area contributed by atoms with Crippen LogP contribution in [-0.2, 0) is 4.74 Å². The summed E-state index contributed by atoms with van der Waals surface area (Å²) >= 11 is 0. The van der Waals surface area contributed by atoms with Crippen molar-refractivity contribution in [3.63, 3.8) is 0 Å². The normalized spacial score (nSPS) is 12.3. The van der Waals surface area contributed by atoms with Crippen molar-refractivity contribution in [1.29, 1.82) is 0 Å². The highest BCUT2D eigenvalue weighted by Gasteiger charge is 2.14. The highest BCUT2D eigenvalue weighted by atomic mass is 16.6. The molecular formula is C11H19NO2. The molecule has 0 aromatic rings. The Morgan fingerprint density at radius 2 is 2.00 bits per heavy atom. The van der Waals surface area contributed by atoms with Crippen molar-refractivity contribution < 1.29 is 9.53 Å². The van der Waals surface area contributed by atoms with Gasteiger partial charge in [0.1, 0.15) is 5.60 Å². The minimum absolute atomic E-state index is 0.386. The SMILES string of the molecule is C/C=C/C=C/CNC(=O)OC(C)(C)C. The van der Waals surface area contributed by atoms with Gasteiger partial charge in [-0.3, -0.25) is 0 Å². The lowest BCUT2D eigenvalue weighted by Gasteiger charge is -2.19. The lowest BCUT2D eigenvalue weighted by molar-refractivity contribution is 0.0534. The first kappa shape index (κ1) is 12.8. The topological polar surface area (TPSA) is 38.3 Å². The number of alkyl carbamates (subject to hydrolysis) is 1. The number of amides is 1. The maximum atomic E-state index is 11.1. The van der Waals surface area contributed by atoms with Gasteiger partial charge in [-0.05, 0) is 27.7 Å². The lowest BCUT2D eigenvalue weighted by atomic mass is 10.2. The molecule has 1 N–H and O–H groups in total. The van der Waals surface area contributed by atoms with Crippen molar-refractivity contribution in [3.05, 3.63) is 24.3 Å². The molecule has 80 valence electrons. The average Bonchev–Trinajstić information content (AvgIpc) is 2.00. The molecule has 0 fully saturated rings. The second-order valence-electron chi connectivity index (χ2n) is 3.84. The summed E-state index contributed by atoms with van der Waals surface area (Å²) in [6, 6.07) is 0. The molecule has 0 aliphatic carbocycles. The van der Waals surface area contributed by atoms with E-state index in [-0.39, 0.29) is 6.09 Å². The average molecular weight is 197 g/mol. The van der Waals surface area contributed by atoms with Crippen LogP contribution in [-0.4, -0.2) is 18.2 Å². The Kier molecular flexibility index (Phi) is 5.68. The molecule has 0 unspecified atom stereocenters. The molecule has 0 saturated carbocycles. The van der Waals surface area contributed by atoms with Gasteiger partial charge in [-0.15, -0.1) is 0 Å². The molecule has 0 bridgehead atoms. The molecular weight excluding hydrogens is 178 g/mol. The van der Waals surface area contributed by atoms with E-state index in [0.29, 0.717) is 6.54 Å². The molecule has 0 heterocycles. The molecule has 3 heteroatoms. The van der Waals surface area contributed by atoms with Crippen molar-refractivity contribution in [3.8, 4) is 0 Å². The monoisotopic (exact) mass is 197 g/mol. The van der Waals surface area contributed by atoms with Crippen LogP contribution < -0.4 is 5.32 Å². The summed E-state index contributed by atoms with van der Waals surface area (Å²) in [5.74, 6) is 0. The third-order valence-electron chi connectivity index (χ3n) is 1.20. The molecule has 0 aliphatic rings. The number of allylic oxidation sites excluding steroid dienone is 3. The van der Waals surface area contributed by atoms with E-state index in [4.69, 9.17) is 4.74 Å². The van der Waals surface area contributed by atoms with E-state index in [1.54, 1.807) is 0 Å². The van der Waals surface area contributed by atoms with Crippen LogP contribution in [0, 0.1) is 0 Å². The van der Waals surface area contributed by atoms with Gasteiger partial charge >= 0.3 is 6.09 Å². The van der Waals surface area contributed by atoms with Gasteiger partial charge in [0.25, 0.3) is 0 Å². The molecule has 0 spiro atoms. The van der Waals surface area contributed by atoms with E-state index in [1.165, 1.54) is 0 Å². The number of hydrogen-bond donors (Lipinski definition) is 1. The molecule has 0 atom stereocenters. The largest absolute Gasteiger partial charge is 0.444 e. The van der Waals surface area contributed by atoms with Gasteiger partial charge < -0.3 is 10.1 Å². The van der Waals surface area contributed by atoms with E-state index in [2.05, 4.69) is 5.32 Å². The van der Waals surface area contributed by atoms with Gasteiger partial charge in [0.05, 0.1) is 0 Å². The van der Waals surface area contributed by atoms with Gasteiger partial charge in [-0.25, -0.2) is 4.79 Å². The van der Waals surface area contributed by atoms with E-state index in [1.807, 2.05) is 52.0 Å². The van der Waals surface area contributed by atoms with E-state index in [0.717, 1.165) is 0 Å². The van der Waals surface area contributed by atoms with Crippen LogP contribution in [0.1, 0.15) is 27.7 Å². The Morgan fingerprint density at radius 1 is 1.36 bits per heavy atom. The molecule has 0 radical (unpaired) electrons. The van der Waals surface area contributed by atoms with Gasteiger partial charge in [-0.1, -0.05) is 24.3 Å². The van der Waals surface area contributed by atoms with Gasteiger partial charge in [-0.2, -0.15) is 0 Å². The molecule has 0 aromatic carbocycles. The van der Waals surface area contributed by atoms with Crippen LogP contribution in [0.5, 0.6) is 0 Å². The van der Waals surface area contributed by atoms with Crippen molar-refractivity contribution in [2.24, 2.45) is 0 Å². The quantitative estimate of drug-likeness (QED) is 0.706. The van der Waals surface area contributed by atoms with Crippen LogP contribution in [0.25, 0.3) is 0 Å². The standard InChI is InChI=1S/C11H19NO2/c1-5-6-7-8-9-12-10(13)14-11(2,3)4/h5-8H,9H2,1-4H3,(H,12,13)/b6-5+,8-7+. The summed E-state index contributed by atoms with van der Waals surface area (Å²) in [6.07, 6.45) is 7.16. The second-order valence-corrected chi connectivity index (χ2v) is 3.84. The first-order valence-electron chi connectivity index (χ1n) is 4.70. The smallest absolute Gasteiger partial charge is 0.407 e. The van der Waals surface area contributed by atoms with Crippen molar-refractivity contribution in [1.82, 2.24) is 5.32 Å². The highest BCUT2D eigenvalue weighted by molar-refractivity contribution is 5.67. The highest BCUT2D eigenvalue weighted by Crippen LogP contribution is 2.05. The number of rotatable bonds is 3. The minimum atomic E-state index is -0.433. The zero-order chi connectivity index (χ0) is 11.0. The van der Waals surface area contributed by atoms with Crippen LogP contribution in [0.3, 0.4) is 0 Å². The van der Waals surface area contributed by atoms with E-state index < -0.39 is 5.60 Å². The van der Waals surface area contributed by atoms with Crippen LogP contribution in [0.15, 0.2) is 24.3 Å². The third kappa shape index (κ3) is 8.84. The molecule has 0 rings (SSSR count). The first-order chi connectivity index (χ1) is 6.45. The predicted octanol–water partition coefficient (Wildman–Crippen LogP) is 2.64. The molecule has 0 aromatic heterocycles. The predicted molar refractivity (Wildman–Crippen MR) is 58.2 cm³/mol. The molecule has 3 nitrogen and oxygen atoms in total. The van der Waals surface area contributed by atoms with Crippen LogP contribution in [0.2, 0.25) is 0 Å². The fourth-order valence-electron chi connectivity index (χ4n) is 0.714. The summed E-state index contributed by atoms with van der Waals surface area (Å²) in [7, 11) is 0. The maximum Gasteiger partial charge on any atom is 0.407 e. The third-order valence-corrected chi connectivity index (χ3v) is 1.20. The second kappa shape index (κ2) is 6.24. The Hall–Kier alpha value is -1.25. The lowest BCUT2D eigenvalue weighted by Crippen LogP contribution is -2.32. The van der Waals surface area contributed by atoms with Gasteiger partial charge in [0.15, 0.2) is 0 Å². The number of ether oxygens (including phenoxy) is 1. The zero-order valence-electron chi connectivity index (χ0n) is 9.33. The van der Waals surface area contributed by atoms with E-state index >= 15 is 0 Å². The number of carbonyl (C=O) groups is 1. The molecule has 0 saturated heterocycles. The summed E-state index contributed by atoms with van der Waals surface area (Å²) in [4.78, 5) is 11.1. The molecule has 1 amide bonds. The summed E-state index contributed by atoms with van der Waals surface area (Å²) < 4.78 is 5.04. The van der Waals surface area contributed by atoms with Crippen molar-refractivity contribution in [2.75, 3.05) is 6.54 Å². The van der Waals surface area contributed by atoms with E-state index in [9.17, 15) is 4.79 Å². The zero-order valence-corrected chi connectivity index (χ0v) is 9.33. The molecule has 0 aliphatic heterocycles. The van der Waals surface area contributed by atoms with Crippen LogP contribution >= 0.6 is 0 Å². The fourth-order valence-corrected chi connectivity index (χ4v) is 0.714. The van der Waals surface area contributed by atoms with Gasteiger partial charge in [0, 0.05) is 6.54 Å². The summed E-state index contributed by atoms with van der Waals surface area (Å²) in [5.41, 5.74) is -0.433. The Balaban J connectivity index is 3.65. The summed E-state index contributed by atoms with van der Waals surface area (Å²) in [5, 5.41) is 2.62. The number of hydrogen-bond acceptors (Lipinski definition) is 2. The van der Waals surface area contributed by atoms with Gasteiger partial charge in [0.2, 0.25) is 0 Å². The maximum absolute atomic E-state index is 11.1. The summed E-state index contributed by atoms with van der Waals surface area (Å²) in [6.45, 7) is 7.93. The Labute approximate surface area is 85.8 Å². The number of nitrogens with one attached hydrogen (secondary N) is 1. The fraction of sp³-hybridized carbons (Fsp3) is 0.545. The Bertz CT molecular complexity index is 224. The minimum Gasteiger partial charge on any atom is -0.444 e. The van der Waals surface area contributed by atoms with Crippen molar-refractivity contribution in [2.45, 2.75) is 33.3 Å². The van der Waals surface area contributed by atoms with Crippen LogP contribution in [0.4, 0.5) is 4.79 Å². The number of carbonyl (C=O) groups excluding carboxylic acids is 1.